The van der Waals surface area contributed by atoms with Crippen LogP contribution in [-0.4, -0.2) is 32.6 Å². The molecule has 19 heavy (non-hydrogen) atoms. The summed E-state index contributed by atoms with van der Waals surface area (Å²) >= 11 is 0. The molecule has 0 aliphatic rings. The SMILES string of the molecule is Nc1nonc1C(=O)N/N=C\c1ccc(O)cc1O. The molecule has 1 amide bonds. The van der Waals surface area contributed by atoms with E-state index in [9.17, 15) is 9.90 Å². The predicted molar refractivity (Wildman–Crippen MR) is 63.5 cm³/mol. The van der Waals surface area contributed by atoms with Crippen LogP contribution < -0.4 is 11.2 Å². The van der Waals surface area contributed by atoms with E-state index in [1.165, 1.54) is 18.3 Å². The minimum atomic E-state index is -0.701. The number of phenols is 2. The summed E-state index contributed by atoms with van der Waals surface area (Å²) in [7, 11) is 0. The fraction of sp³-hybridized carbons (Fsp3) is 0. The van der Waals surface area contributed by atoms with E-state index < -0.39 is 5.91 Å². The highest BCUT2D eigenvalue weighted by Gasteiger charge is 2.14. The zero-order chi connectivity index (χ0) is 13.8. The van der Waals surface area contributed by atoms with Gasteiger partial charge in [-0.1, -0.05) is 0 Å². The lowest BCUT2D eigenvalue weighted by Crippen LogP contribution is -2.19. The monoisotopic (exact) mass is 263 g/mol. The van der Waals surface area contributed by atoms with Gasteiger partial charge in [-0.05, 0) is 22.4 Å². The number of nitrogens with one attached hydrogen (secondary N) is 1. The second-order valence-corrected chi connectivity index (χ2v) is 3.44. The Kier molecular flexibility index (Phi) is 3.28. The molecule has 0 spiro atoms. The van der Waals surface area contributed by atoms with Crippen LogP contribution in [0.3, 0.4) is 0 Å². The second kappa shape index (κ2) is 5.04. The van der Waals surface area contributed by atoms with E-state index in [1.54, 1.807) is 0 Å². The Labute approximate surface area is 106 Å². The van der Waals surface area contributed by atoms with Crippen LogP contribution in [0, 0.1) is 0 Å². The van der Waals surface area contributed by atoms with Crippen molar-refractivity contribution in [2.75, 3.05) is 5.73 Å². The van der Waals surface area contributed by atoms with Gasteiger partial charge in [-0.2, -0.15) is 5.10 Å². The first-order chi connectivity index (χ1) is 9.08. The minimum absolute atomic E-state index is 0.0832. The number of carbonyl (C=O) groups is 1. The van der Waals surface area contributed by atoms with Crippen molar-refractivity contribution in [3.05, 3.63) is 29.5 Å². The number of rotatable bonds is 3. The molecule has 0 atom stereocenters. The number of aromatic nitrogens is 2. The van der Waals surface area contributed by atoms with E-state index in [0.717, 1.165) is 6.07 Å². The van der Waals surface area contributed by atoms with Crippen molar-refractivity contribution in [1.82, 2.24) is 15.7 Å². The number of nitrogens with zero attached hydrogens (tertiary/aromatic N) is 3. The number of nitrogen functional groups attached to an aromatic ring is 1. The highest BCUT2D eigenvalue weighted by Crippen LogP contribution is 2.20. The van der Waals surface area contributed by atoms with E-state index in [-0.39, 0.29) is 23.0 Å². The van der Waals surface area contributed by atoms with Gasteiger partial charge in [0.15, 0.2) is 0 Å². The molecule has 1 aromatic heterocycles. The van der Waals surface area contributed by atoms with Crippen LogP contribution in [-0.2, 0) is 0 Å². The number of phenolic OH excluding ortho intramolecular Hbond substituents is 2. The fourth-order valence-electron chi connectivity index (χ4n) is 1.21. The van der Waals surface area contributed by atoms with Gasteiger partial charge in [0.25, 0.3) is 5.91 Å². The van der Waals surface area contributed by atoms with E-state index in [0.29, 0.717) is 5.56 Å². The average molecular weight is 263 g/mol. The molecular formula is C10H9N5O4. The Morgan fingerprint density at radius 2 is 2.21 bits per heavy atom. The number of benzene rings is 1. The molecule has 0 radical (unpaired) electrons. The van der Waals surface area contributed by atoms with Crippen LogP contribution in [0.4, 0.5) is 5.82 Å². The summed E-state index contributed by atoms with van der Waals surface area (Å²) in [6, 6.07) is 3.93. The van der Waals surface area contributed by atoms with Crippen LogP contribution >= 0.6 is 0 Å². The van der Waals surface area contributed by atoms with Crippen molar-refractivity contribution in [3.63, 3.8) is 0 Å². The molecule has 0 saturated carbocycles. The molecule has 0 fully saturated rings. The van der Waals surface area contributed by atoms with Crippen LogP contribution in [0.25, 0.3) is 0 Å². The fourth-order valence-corrected chi connectivity index (χ4v) is 1.21. The number of hydrogen-bond donors (Lipinski definition) is 4. The molecule has 9 nitrogen and oxygen atoms in total. The summed E-state index contributed by atoms with van der Waals surface area (Å²) in [5.41, 5.74) is 7.57. The second-order valence-electron chi connectivity index (χ2n) is 3.44. The number of hydrogen-bond acceptors (Lipinski definition) is 8. The molecule has 0 unspecified atom stereocenters. The highest BCUT2D eigenvalue weighted by molar-refractivity contribution is 5.96. The van der Waals surface area contributed by atoms with Crippen molar-refractivity contribution in [2.45, 2.75) is 0 Å². The highest BCUT2D eigenvalue weighted by atomic mass is 16.6. The van der Waals surface area contributed by atoms with Gasteiger partial charge in [-0.3, -0.25) is 4.79 Å². The first-order valence-corrected chi connectivity index (χ1v) is 5.01. The third-order valence-corrected chi connectivity index (χ3v) is 2.11. The van der Waals surface area contributed by atoms with Crippen LogP contribution in [0.15, 0.2) is 27.9 Å². The van der Waals surface area contributed by atoms with Crippen molar-refractivity contribution < 1.29 is 19.6 Å². The average Bonchev–Trinajstić information content (AvgIpc) is 2.78. The first-order valence-electron chi connectivity index (χ1n) is 5.01. The maximum atomic E-state index is 11.5. The molecule has 9 heteroatoms. The zero-order valence-electron chi connectivity index (χ0n) is 9.44. The molecule has 5 N–H and O–H groups in total. The lowest BCUT2D eigenvalue weighted by Gasteiger charge is -1.99. The molecular weight excluding hydrogens is 254 g/mol. The first kappa shape index (κ1) is 12.4. The normalized spacial score (nSPS) is 10.7. The Hall–Kier alpha value is -3.10. The van der Waals surface area contributed by atoms with Crippen LogP contribution in [0.2, 0.25) is 0 Å². The predicted octanol–water partition coefficient (Wildman–Crippen LogP) is -0.173. The maximum absolute atomic E-state index is 11.5. The summed E-state index contributed by atoms with van der Waals surface area (Å²) in [5, 5.41) is 28.7. The molecule has 0 aliphatic carbocycles. The molecule has 1 heterocycles. The quantitative estimate of drug-likeness (QED) is 0.443. The summed E-state index contributed by atoms with van der Waals surface area (Å²) in [6.45, 7) is 0. The van der Waals surface area contributed by atoms with Crippen LogP contribution in [0.1, 0.15) is 16.1 Å². The molecule has 98 valence electrons. The molecule has 2 rings (SSSR count). The van der Waals surface area contributed by atoms with Gasteiger partial charge in [0, 0.05) is 11.6 Å². The van der Waals surface area contributed by atoms with Crippen LogP contribution in [0.5, 0.6) is 11.5 Å². The van der Waals surface area contributed by atoms with E-state index in [4.69, 9.17) is 10.8 Å². The number of anilines is 1. The van der Waals surface area contributed by atoms with Crippen molar-refractivity contribution >= 4 is 17.9 Å². The molecule has 0 aliphatic heterocycles. The Morgan fingerprint density at radius 1 is 1.42 bits per heavy atom. The minimum Gasteiger partial charge on any atom is -0.508 e. The Balaban J connectivity index is 2.04. The van der Waals surface area contributed by atoms with Crippen molar-refractivity contribution in [2.24, 2.45) is 5.10 Å². The molecule has 2 aromatic rings. The Morgan fingerprint density at radius 3 is 2.84 bits per heavy atom. The zero-order valence-corrected chi connectivity index (χ0v) is 9.44. The standard InChI is InChI=1S/C10H9N5O4/c11-9-8(14-19-15-9)10(18)13-12-4-5-1-2-6(16)3-7(5)17/h1-4,16-17H,(H2,11,15)(H,13,18)/b12-4-. The maximum Gasteiger partial charge on any atom is 0.297 e. The molecule has 0 saturated heterocycles. The lowest BCUT2D eigenvalue weighted by atomic mass is 10.2. The van der Waals surface area contributed by atoms with Gasteiger partial charge >= 0.3 is 0 Å². The third kappa shape index (κ3) is 2.77. The molecule has 0 bridgehead atoms. The summed E-state index contributed by atoms with van der Waals surface area (Å²) < 4.78 is 4.26. The number of amides is 1. The summed E-state index contributed by atoms with van der Waals surface area (Å²) in [5.74, 6) is -1.12. The lowest BCUT2D eigenvalue weighted by molar-refractivity contribution is 0.0946. The van der Waals surface area contributed by atoms with Gasteiger partial charge in [0.1, 0.15) is 11.5 Å². The van der Waals surface area contributed by atoms with Gasteiger partial charge in [-0.25, -0.2) is 10.1 Å². The third-order valence-electron chi connectivity index (χ3n) is 2.11. The smallest absolute Gasteiger partial charge is 0.297 e. The van der Waals surface area contributed by atoms with Gasteiger partial charge in [0.2, 0.25) is 11.5 Å². The summed E-state index contributed by atoms with van der Waals surface area (Å²) in [4.78, 5) is 11.5. The van der Waals surface area contributed by atoms with E-state index >= 15 is 0 Å². The molecule has 1 aromatic carbocycles. The van der Waals surface area contributed by atoms with Crippen molar-refractivity contribution in [3.8, 4) is 11.5 Å². The van der Waals surface area contributed by atoms with Crippen molar-refractivity contribution in [1.29, 1.82) is 0 Å². The van der Waals surface area contributed by atoms with Gasteiger partial charge in [-0.15, -0.1) is 0 Å². The Bertz CT molecular complexity index is 637. The largest absolute Gasteiger partial charge is 0.508 e. The van der Waals surface area contributed by atoms with Gasteiger partial charge in [0.05, 0.1) is 6.21 Å². The number of nitrogens with two attached hydrogens (primary N) is 1. The van der Waals surface area contributed by atoms with Gasteiger partial charge < -0.3 is 15.9 Å². The summed E-state index contributed by atoms with van der Waals surface area (Å²) in [6.07, 6.45) is 1.19. The number of hydrazone groups is 1. The number of aromatic hydroxyl groups is 2. The van der Waals surface area contributed by atoms with E-state index in [1.807, 2.05) is 0 Å². The topological polar surface area (TPSA) is 147 Å². The number of carbonyl (C=O) groups excluding carboxylic acids is 1. The van der Waals surface area contributed by atoms with E-state index in [2.05, 4.69) is 25.5 Å².